The monoisotopic (exact) mass is 194 g/mol. The second-order valence-electron chi connectivity index (χ2n) is 3.19. The number of pyridine rings is 1. The molecule has 1 rings (SSSR count). The van der Waals surface area contributed by atoms with Gasteiger partial charge in [0.2, 0.25) is 5.91 Å². The van der Waals surface area contributed by atoms with Crippen LogP contribution >= 0.6 is 0 Å². The zero-order chi connectivity index (χ0) is 10.6. The van der Waals surface area contributed by atoms with Crippen molar-refractivity contribution >= 4 is 11.7 Å². The summed E-state index contributed by atoms with van der Waals surface area (Å²) < 4.78 is 0. The van der Waals surface area contributed by atoms with E-state index in [4.69, 9.17) is 11.5 Å². The van der Waals surface area contributed by atoms with Crippen molar-refractivity contribution in [1.29, 1.82) is 0 Å². The molecular weight excluding hydrogens is 180 g/mol. The zero-order valence-corrected chi connectivity index (χ0v) is 8.10. The first kappa shape index (κ1) is 10.5. The maximum absolute atomic E-state index is 10.6. The van der Waals surface area contributed by atoms with Crippen molar-refractivity contribution < 1.29 is 4.79 Å². The van der Waals surface area contributed by atoms with Crippen LogP contribution in [-0.4, -0.2) is 29.4 Å². The van der Waals surface area contributed by atoms with Gasteiger partial charge in [-0.05, 0) is 19.2 Å². The van der Waals surface area contributed by atoms with Gasteiger partial charge in [-0.3, -0.25) is 9.69 Å². The van der Waals surface area contributed by atoms with Gasteiger partial charge < -0.3 is 11.5 Å². The van der Waals surface area contributed by atoms with Crippen LogP contribution in [0.1, 0.15) is 5.69 Å². The Balaban J connectivity index is 2.55. The molecule has 0 unspecified atom stereocenters. The molecule has 0 bridgehead atoms. The number of carbonyl (C=O) groups is 1. The van der Waals surface area contributed by atoms with Crippen LogP contribution in [0.15, 0.2) is 18.2 Å². The summed E-state index contributed by atoms with van der Waals surface area (Å²) in [6.45, 7) is 0.782. The number of carbonyl (C=O) groups excluding carboxylic acids is 1. The molecule has 0 radical (unpaired) electrons. The van der Waals surface area contributed by atoms with Crippen LogP contribution in [-0.2, 0) is 11.3 Å². The number of rotatable bonds is 4. The molecule has 0 fully saturated rings. The molecule has 1 amide bonds. The van der Waals surface area contributed by atoms with Gasteiger partial charge in [0.05, 0.1) is 12.2 Å². The molecule has 0 atom stereocenters. The lowest BCUT2D eigenvalue weighted by Gasteiger charge is -2.13. The van der Waals surface area contributed by atoms with Gasteiger partial charge in [-0.25, -0.2) is 4.98 Å². The van der Waals surface area contributed by atoms with Gasteiger partial charge in [-0.1, -0.05) is 6.07 Å². The molecule has 0 aromatic carbocycles. The zero-order valence-electron chi connectivity index (χ0n) is 8.10. The molecule has 1 aromatic rings. The molecule has 0 aliphatic rings. The number of primary amides is 1. The van der Waals surface area contributed by atoms with Crippen LogP contribution in [0, 0.1) is 0 Å². The third kappa shape index (κ3) is 3.40. The molecule has 14 heavy (non-hydrogen) atoms. The van der Waals surface area contributed by atoms with Crippen LogP contribution in [0.25, 0.3) is 0 Å². The molecule has 0 aliphatic heterocycles. The maximum atomic E-state index is 10.6. The minimum atomic E-state index is -0.351. The highest BCUT2D eigenvalue weighted by Gasteiger charge is 2.04. The van der Waals surface area contributed by atoms with E-state index in [9.17, 15) is 4.79 Å². The number of aromatic nitrogens is 1. The van der Waals surface area contributed by atoms with E-state index in [2.05, 4.69) is 4.98 Å². The number of hydrogen-bond donors (Lipinski definition) is 2. The number of nitrogens with zero attached hydrogens (tertiary/aromatic N) is 2. The molecule has 0 spiro atoms. The second kappa shape index (κ2) is 4.57. The smallest absolute Gasteiger partial charge is 0.231 e. The Labute approximate surface area is 82.7 Å². The molecule has 4 N–H and O–H groups in total. The van der Waals surface area contributed by atoms with E-state index >= 15 is 0 Å². The first-order chi connectivity index (χ1) is 6.58. The van der Waals surface area contributed by atoms with E-state index in [0.29, 0.717) is 12.4 Å². The summed E-state index contributed by atoms with van der Waals surface area (Å²) in [6.07, 6.45) is 0. The van der Waals surface area contributed by atoms with Crippen molar-refractivity contribution in [1.82, 2.24) is 9.88 Å². The average molecular weight is 194 g/mol. The fraction of sp³-hybridized carbons (Fsp3) is 0.333. The van der Waals surface area contributed by atoms with Crippen LogP contribution in [0.4, 0.5) is 5.82 Å². The molecular formula is C9H14N4O. The molecule has 0 saturated carbocycles. The Morgan fingerprint density at radius 2 is 2.29 bits per heavy atom. The van der Waals surface area contributed by atoms with Gasteiger partial charge in [0.1, 0.15) is 5.82 Å². The third-order valence-electron chi connectivity index (χ3n) is 1.69. The molecule has 0 saturated heterocycles. The lowest BCUT2D eigenvalue weighted by Crippen LogP contribution is -2.30. The van der Waals surface area contributed by atoms with Crippen LogP contribution in [0.3, 0.4) is 0 Å². The van der Waals surface area contributed by atoms with E-state index in [0.717, 1.165) is 5.69 Å². The number of amides is 1. The highest BCUT2D eigenvalue weighted by Crippen LogP contribution is 2.02. The minimum absolute atomic E-state index is 0.219. The lowest BCUT2D eigenvalue weighted by atomic mass is 10.3. The number of nitrogens with two attached hydrogens (primary N) is 2. The number of hydrogen-bond acceptors (Lipinski definition) is 4. The number of anilines is 1. The highest BCUT2D eigenvalue weighted by atomic mass is 16.1. The van der Waals surface area contributed by atoms with Gasteiger partial charge in [0.15, 0.2) is 0 Å². The second-order valence-corrected chi connectivity index (χ2v) is 3.19. The summed E-state index contributed by atoms with van der Waals surface area (Å²) in [5, 5.41) is 0. The summed E-state index contributed by atoms with van der Waals surface area (Å²) >= 11 is 0. The fourth-order valence-electron chi connectivity index (χ4n) is 1.18. The Morgan fingerprint density at radius 1 is 1.57 bits per heavy atom. The maximum Gasteiger partial charge on any atom is 0.231 e. The molecule has 1 heterocycles. The summed E-state index contributed by atoms with van der Waals surface area (Å²) in [5.41, 5.74) is 11.4. The Morgan fingerprint density at radius 3 is 2.86 bits per heavy atom. The Kier molecular flexibility index (Phi) is 3.41. The van der Waals surface area contributed by atoms with E-state index in [1.165, 1.54) is 0 Å². The molecule has 5 nitrogen and oxygen atoms in total. The van der Waals surface area contributed by atoms with Crippen molar-refractivity contribution in [3.63, 3.8) is 0 Å². The van der Waals surface area contributed by atoms with Crippen LogP contribution in [0.2, 0.25) is 0 Å². The predicted molar refractivity (Wildman–Crippen MR) is 54.2 cm³/mol. The SMILES string of the molecule is CN(CC(N)=O)Cc1cccc(N)n1. The first-order valence-corrected chi connectivity index (χ1v) is 4.26. The van der Waals surface area contributed by atoms with Crippen molar-refractivity contribution in [2.24, 2.45) is 5.73 Å². The van der Waals surface area contributed by atoms with Gasteiger partial charge in [0, 0.05) is 6.54 Å². The Hall–Kier alpha value is -1.62. The minimum Gasteiger partial charge on any atom is -0.384 e. The van der Waals surface area contributed by atoms with Gasteiger partial charge >= 0.3 is 0 Å². The third-order valence-corrected chi connectivity index (χ3v) is 1.69. The molecule has 5 heteroatoms. The fourth-order valence-corrected chi connectivity index (χ4v) is 1.18. The molecule has 1 aromatic heterocycles. The summed E-state index contributed by atoms with van der Waals surface area (Å²) in [5.74, 6) is 0.131. The largest absolute Gasteiger partial charge is 0.384 e. The van der Waals surface area contributed by atoms with Gasteiger partial charge in [-0.2, -0.15) is 0 Å². The summed E-state index contributed by atoms with van der Waals surface area (Å²) in [7, 11) is 1.80. The summed E-state index contributed by atoms with van der Waals surface area (Å²) in [6, 6.07) is 5.40. The van der Waals surface area contributed by atoms with Crippen LogP contribution in [0.5, 0.6) is 0 Å². The quantitative estimate of drug-likeness (QED) is 0.681. The highest BCUT2D eigenvalue weighted by molar-refractivity contribution is 5.75. The van der Waals surface area contributed by atoms with Crippen molar-refractivity contribution in [3.8, 4) is 0 Å². The van der Waals surface area contributed by atoms with E-state index in [1.54, 1.807) is 18.0 Å². The molecule has 0 aliphatic carbocycles. The first-order valence-electron chi connectivity index (χ1n) is 4.26. The Bertz CT molecular complexity index is 326. The van der Waals surface area contributed by atoms with Crippen molar-refractivity contribution in [2.45, 2.75) is 6.54 Å². The predicted octanol–water partition coefficient (Wildman–Crippen LogP) is -0.419. The standard InChI is InChI=1S/C9H14N4O/c1-13(6-9(11)14)5-7-3-2-4-8(10)12-7/h2-4H,5-6H2,1H3,(H2,10,12)(H2,11,14). The normalized spacial score (nSPS) is 10.4. The van der Waals surface area contributed by atoms with Gasteiger partial charge in [-0.15, -0.1) is 0 Å². The average Bonchev–Trinajstić information content (AvgIpc) is 2.01. The topological polar surface area (TPSA) is 85.2 Å². The van der Waals surface area contributed by atoms with Gasteiger partial charge in [0.25, 0.3) is 0 Å². The molecule has 76 valence electrons. The van der Waals surface area contributed by atoms with E-state index in [-0.39, 0.29) is 12.5 Å². The number of nitrogen functional groups attached to an aromatic ring is 1. The number of likely N-dealkylation sites (N-methyl/N-ethyl adjacent to an activating group) is 1. The van der Waals surface area contributed by atoms with E-state index < -0.39 is 0 Å². The van der Waals surface area contributed by atoms with Crippen LogP contribution < -0.4 is 11.5 Å². The van der Waals surface area contributed by atoms with Crippen molar-refractivity contribution in [2.75, 3.05) is 19.3 Å². The summed E-state index contributed by atoms with van der Waals surface area (Å²) in [4.78, 5) is 16.5. The van der Waals surface area contributed by atoms with E-state index in [1.807, 2.05) is 12.1 Å². The van der Waals surface area contributed by atoms with Crippen molar-refractivity contribution in [3.05, 3.63) is 23.9 Å². The lowest BCUT2D eigenvalue weighted by molar-refractivity contribution is -0.118.